The van der Waals surface area contributed by atoms with Gasteiger partial charge in [0.05, 0.1) is 19.9 Å². The van der Waals surface area contributed by atoms with Crippen LogP contribution < -0.4 is 20.5 Å². The summed E-state index contributed by atoms with van der Waals surface area (Å²) < 4.78 is 13.2. The smallest absolute Gasteiger partial charge is 0.269 e. The summed E-state index contributed by atoms with van der Waals surface area (Å²) in [5.74, 6) is 1.23. The standard InChI is InChI=1S/C18H17BrN2O3/c1-11-15-10-17(24-3)16(23-2)8-12(15)9-18(22)21(11)20-14-6-4-13(19)5-7-14/h4-10,20H,1-3H3. The number of fused-ring (bicyclic) bond motifs is 1. The van der Waals surface area contributed by atoms with Crippen molar-refractivity contribution in [1.82, 2.24) is 4.68 Å². The van der Waals surface area contributed by atoms with Gasteiger partial charge in [-0.25, -0.2) is 4.68 Å². The summed E-state index contributed by atoms with van der Waals surface area (Å²) in [6.45, 7) is 1.89. The topological polar surface area (TPSA) is 52.5 Å². The first-order valence-corrected chi connectivity index (χ1v) is 8.14. The molecule has 0 unspecified atom stereocenters. The number of ether oxygens (including phenoxy) is 2. The minimum absolute atomic E-state index is 0.143. The second-order valence-electron chi connectivity index (χ2n) is 5.32. The predicted octanol–water partition coefficient (Wildman–Crippen LogP) is 3.96. The Bertz CT molecular complexity index is 949. The minimum Gasteiger partial charge on any atom is -0.493 e. The number of aryl methyl sites for hydroxylation is 1. The molecule has 24 heavy (non-hydrogen) atoms. The van der Waals surface area contributed by atoms with Crippen molar-refractivity contribution < 1.29 is 9.47 Å². The van der Waals surface area contributed by atoms with Crippen LogP contribution in [0.2, 0.25) is 0 Å². The van der Waals surface area contributed by atoms with E-state index in [1.54, 1.807) is 20.3 Å². The summed E-state index contributed by atoms with van der Waals surface area (Å²) in [4.78, 5) is 12.5. The average molecular weight is 389 g/mol. The molecule has 0 radical (unpaired) electrons. The third-order valence-electron chi connectivity index (χ3n) is 3.87. The van der Waals surface area contributed by atoms with Gasteiger partial charge in [-0.05, 0) is 48.7 Å². The van der Waals surface area contributed by atoms with E-state index < -0.39 is 0 Å². The molecule has 3 aromatic rings. The zero-order chi connectivity index (χ0) is 17.3. The molecule has 0 bridgehead atoms. The molecule has 0 saturated heterocycles. The number of rotatable bonds is 4. The van der Waals surface area contributed by atoms with Gasteiger partial charge in [-0.2, -0.15) is 0 Å². The zero-order valence-corrected chi connectivity index (χ0v) is 15.2. The molecule has 1 heterocycles. The molecule has 0 aliphatic rings. The molecule has 124 valence electrons. The molecule has 0 saturated carbocycles. The Morgan fingerprint density at radius 3 is 2.25 bits per heavy atom. The van der Waals surface area contributed by atoms with E-state index in [-0.39, 0.29) is 5.56 Å². The number of benzene rings is 2. The van der Waals surface area contributed by atoms with Crippen LogP contribution in [0.4, 0.5) is 5.69 Å². The summed E-state index contributed by atoms with van der Waals surface area (Å²) in [5, 5.41) is 1.72. The molecule has 2 aromatic carbocycles. The van der Waals surface area contributed by atoms with Gasteiger partial charge in [0.2, 0.25) is 0 Å². The maximum atomic E-state index is 12.5. The van der Waals surface area contributed by atoms with Crippen LogP contribution in [0.3, 0.4) is 0 Å². The number of anilines is 1. The predicted molar refractivity (Wildman–Crippen MR) is 99.2 cm³/mol. The highest BCUT2D eigenvalue weighted by molar-refractivity contribution is 9.10. The normalized spacial score (nSPS) is 10.7. The number of nitrogens with one attached hydrogen (secondary N) is 1. The van der Waals surface area contributed by atoms with E-state index in [1.165, 1.54) is 4.68 Å². The molecule has 0 amide bonds. The average Bonchev–Trinajstić information content (AvgIpc) is 2.59. The number of aromatic nitrogens is 1. The first-order valence-electron chi connectivity index (χ1n) is 7.34. The van der Waals surface area contributed by atoms with Crippen molar-refractivity contribution in [2.45, 2.75) is 6.92 Å². The van der Waals surface area contributed by atoms with E-state index >= 15 is 0 Å². The molecule has 0 aliphatic heterocycles. The molecule has 0 spiro atoms. The van der Waals surface area contributed by atoms with Crippen LogP contribution >= 0.6 is 15.9 Å². The van der Waals surface area contributed by atoms with Gasteiger partial charge in [-0.3, -0.25) is 10.2 Å². The highest BCUT2D eigenvalue weighted by Gasteiger charge is 2.12. The summed E-state index contributed by atoms with van der Waals surface area (Å²) in [7, 11) is 3.17. The Labute approximate surface area is 147 Å². The van der Waals surface area contributed by atoms with Crippen molar-refractivity contribution in [3.8, 4) is 11.5 Å². The summed E-state index contributed by atoms with van der Waals surface area (Å²) in [5.41, 5.74) is 4.61. The molecule has 3 rings (SSSR count). The highest BCUT2D eigenvalue weighted by atomic mass is 79.9. The molecule has 6 heteroatoms. The first-order chi connectivity index (χ1) is 11.5. The Morgan fingerprint density at radius 1 is 1.00 bits per heavy atom. The maximum absolute atomic E-state index is 12.5. The lowest BCUT2D eigenvalue weighted by Crippen LogP contribution is -2.27. The van der Waals surface area contributed by atoms with Crippen LogP contribution in [0, 0.1) is 6.92 Å². The number of pyridine rings is 1. The van der Waals surface area contributed by atoms with Crippen molar-refractivity contribution in [2.24, 2.45) is 0 Å². The molecular weight excluding hydrogens is 372 g/mol. The molecule has 0 aliphatic carbocycles. The van der Waals surface area contributed by atoms with Crippen molar-refractivity contribution in [3.63, 3.8) is 0 Å². The number of halogens is 1. The van der Waals surface area contributed by atoms with Crippen molar-refractivity contribution in [2.75, 3.05) is 19.6 Å². The highest BCUT2D eigenvalue weighted by Crippen LogP contribution is 2.32. The van der Waals surface area contributed by atoms with Crippen LogP contribution in [0.5, 0.6) is 11.5 Å². The van der Waals surface area contributed by atoms with Crippen LogP contribution in [-0.4, -0.2) is 18.9 Å². The molecule has 5 nitrogen and oxygen atoms in total. The van der Waals surface area contributed by atoms with Crippen LogP contribution in [0.1, 0.15) is 5.69 Å². The fraction of sp³-hybridized carbons (Fsp3) is 0.167. The minimum atomic E-state index is -0.143. The largest absolute Gasteiger partial charge is 0.493 e. The van der Waals surface area contributed by atoms with Gasteiger partial charge in [-0.1, -0.05) is 15.9 Å². The third kappa shape index (κ3) is 2.97. The first kappa shape index (κ1) is 16.4. The zero-order valence-electron chi connectivity index (χ0n) is 13.6. The van der Waals surface area contributed by atoms with E-state index in [0.29, 0.717) is 11.5 Å². The molecule has 0 fully saturated rings. The van der Waals surface area contributed by atoms with Gasteiger partial charge >= 0.3 is 0 Å². The van der Waals surface area contributed by atoms with Crippen molar-refractivity contribution >= 4 is 32.4 Å². The Kier molecular flexibility index (Phi) is 4.49. The Balaban J connectivity index is 2.15. The van der Waals surface area contributed by atoms with Gasteiger partial charge in [0.1, 0.15) is 0 Å². The van der Waals surface area contributed by atoms with Crippen LogP contribution in [0.15, 0.2) is 51.7 Å². The van der Waals surface area contributed by atoms with E-state index in [4.69, 9.17) is 9.47 Å². The van der Waals surface area contributed by atoms with Gasteiger partial charge in [0.25, 0.3) is 5.56 Å². The number of nitrogens with zero attached hydrogens (tertiary/aromatic N) is 1. The summed E-state index contributed by atoms with van der Waals surface area (Å²) >= 11 is 3.40. The molecule has 1 aromatic heterocycles. The quantitative estimate of drug-likeness (QED) is 0.734. The van der Waals surface area contributed by atoms with E-state index in [1.807, 2.05) is 43.3 Å². The van der Waals surface area contributed by atoms with Crippen molar-refractivity contribution in [3.05, 3.63) is 63.0 Å². The number of hydrogen-bond donors (Lipinski definition) is 1. The SMILES string of the molecule is COc1cc2cc(=O)n(Nc3ccc(Br)cc3)c(C)c2cc1OC. The second kappa shape index (κ2) is 6.57. The lowest BCUT2D eigenvalue weighted by atomic mass is 10.1. The monoisotopic (exact) mass is 388 g/mol. The number of hydrogen-bond acceptors (Lipinski definition) is 4. The Hall–Kier alpha value is -2.47. The fourth-order valence-electron chi connectivity index (χ4n) is 2.60. The van der Waals surface area contributed by atoms with Crippen molar-refractivity contribution in [1.29, 1.82) is 0 Å². The summed E-state index contributed by atoms with van der Waals surface area (Å²) in [6.07, 6.45) is 0. The summed E-state index contributed by atoms with van der Waals surface area (Å²) in [6, 6.07) is 12.9. The van der Waals surface area contributed by atoms with Gasteiger partial charge < -0.3 is 9.47 Å². The van der Waals surface area contributed by atoms with Gasteiger partial charge in [0.15, 0.2) is 11.5 Å². The van der Waals surface area contributed by atoms with Gasteiger partial charge in [0, 0.05) is 21.6 Å². The molecule has 0 atom stereocenters. The fourth-order valence-corrected chi connectivity index (χ4v) is 2.87. The number of methoxy groups -OCH3 is 2. The van der Waals surface area contributed by atoms with E-state index in [0.717, 1.165) is 26.6 Å². The Morgan fingerprint density at radius 2 is 1.62 bits per heavy atom. The van der Waals surface area contributed by atoms with Crippen LogP contribution in [0.25, 0.3) is 10.8 Å². The maximum Gasteiger partial charge on any atom is 0.269 e. The van der Waals surface area contributed by atoms with Gasteiger partial charge in [-0.15, -0.1) is 0 Å². The second-order valence-corrected chi connectivity index (χ2v) is 6.23. The lowest BCUT2D eigenvalue weighted by molar-refractivity contribution is 0.356. The molecule has 1 N–H and O–H groups in total. The van der Waals surface area contributed by atoms with Crippen LogP contribution in [-0.2, 0) is 0 Å². The van der Waals surface area contributed by atoms with E-state index in [9.17, 15) is 4.79 Å². The van der Waals surface area contributed by atoms with E-state index in [2.05, 4.69) is 21.4 Å². The molecular formula is C18H17BrN2O3. The third-order valence-corrected chi connectivity index (χ3v) is 4.39. The lowest BCUT2D eigenvalue weighted by Gasteiger charge is -2.16.